The molecule has 1 aromatic heterocycles. The Hall–Kier alpha value is -4.03. The first kappa shape index (κ1) is 25.2. The molecule has 0 radical (unpaired) electrons. The topological polar surface area (TPSA) is 180 Å². The number of aromatic amines is 1. The number of nitro benzene ring substituents is 1. The summed E-state index contributed by atoms with van der Waals surface area (Å²) in [7, 11) is 0. The number of non-ortho nitro benzene ring substituents is 1. The van der Waals surface area contributed by atoms with Crippen molar-refractivity contribution in [2.24, 2.45) is 5.73 Å². The van der Waals surface area contributed by atoms with E-state index in [-0.39, 0.29) is 53.9 Å². The highest BCUT2D eigenvalue weighted by Crippen LogP contribution is 2.28. The molecule has 0 spiro atoms. The molecule has 12 nitrogen and oxygen atoms in total. The van der Waals surface area contributed by atoms with Crippen molar-refractivity contribution in [3.8, 4) is 5.75 Å². The number of fused-ring (bicyclic) bond motifs is 2. The summed E-state index contributed by atoms with van der Waals surface area (Å²) in [5, 5.41) is 13.5. The Morgan fingerprint density at radius 1 is 1.27 bits per heavy atom. The number of amides is 1. The quantitative estimate of drug-likeness (QED) is 0.287. The molecule has 2 heterocycles. The number of carbonyl (C=O) groups is 2. The van der Waals surface area contributed by atoms with Crippen LogP contribution in [0.25, 0.3) is 10.9 Å². The number of benzene rings is 2. The summed E-state index contributed by atoms with van der Waals surface area (Å²) < 4.78 is 9.89. The smallest absolute Gasteiger partial charge is 0.374 e. The number of ether oxygens (including phenoxy) is 2. The van der Waals surface area contributed by atoms with Crippen LogP contribution in [0.3, 0.4) is 0 Å². The van der Waals surface area contributed by atoms with E-state index < -0.39 is 16.5 Å². The summed E-state index contributed by atoms with van der Waals surface area (Å²) in [6.07, 6.45) is 0. The molecule has 0 fully saturated rings. The van der Waals surface area contributed by atoms with Gasteiger partial charge >= 0.3 is 5.97 Å². The number of nitrogens with two attached hydrogens (primary N) is 1. The van der Waals surface area contributed by atoms with Crippen molar-refractivity contribution in [2.45, 2.75) is 13.5 Å². The van der Waals surface area contributed by atoms with Crippen LogP contribution in [0.2, 0.25) is 0 Å². The highest BCUT2D eigenvalue weighted by molar-refractivity contribution is 5.95. The zero-order valence-electron chi connectivity index (χ0n) is 17.3. The van der Waals surface area contributed by atoms with Crippen LogP contribution in [-0.4, -0.2) is 40.0 Å². The molecule has 174 valence electrons. The van der Waals surface area contributed by atoms with E-state index in [1.165, 1.54) is 12.1 Å². The average molecular weight is 478 g/mol. The molecule has 4 N–H and O–H groups in total. The summed E-state index contributed by atoms with van der Waals surface area (Å²) in [6, 6.07) is 9.14. The maximum absolute atomic E-state index is 11.7. The summed E-state index contributed by atoms with van der Waals surface area (Å²) in [6.45, 7) is 2.30. The second kappa shape index (κ2) is 11.0. The molecule has 1 aliphatic rings. The minimum atomic E-state index is -0.784. The van der Waals surface area contributed by atoms with Crippen molar-refractivity contribution >= 4 is 46.6 Å². The second-order valence-electron chi connectivity index (χ2n) is 6.47. The third-order valence-corrected chi connectivity index (χ3v) is 4.28. The van der Waals surface area contributed by atoms with Crippen LogP contribution in [0.5, 0.6) is 5.75 Å². The van der Waals surface area contributed by atoms with E-state index in [1.54, 1.807) is 6.92 Å². The summed E-state index contributed by atoms with van der Waals surface area (Å²) in [4.78, 5) is 50.3. The molecule has 2 aromatic carbocycles. The van der Waals surface area contributed by atoms with Gasteiger partial charge in [0.25, 0.3) is 17.2 Å². The van der Waals surface area contributed by atoms with Gasteiger partial charge in [0.1, 0.15) is 5.75 Å². The summed E-state index contributed by atoms with van der Waals surface area (Å²) in [5.74, 6) is -0.480. The molecule has 1 aliphatic heterocycles. The van der Waals surface area contributed by atoms with E-state index in [9.17, 15) is 24.5 Å². The maximum Gasteiger partial charge on any atom is 0.374 e. The fourth-order valence-electron chi connectivity index (χ4n) is 2.79. The number of nitro groups is 1. The van der Waals surface area contributed by atoms with Gasteiger partial charge in [0.05, 0.1) is 28.1 Å². The average Bonchev–Trinajstić information content (AvgIpc) is 2.78. The van der Waals surface area contributed by atoms with E-state index >= 15 is 0 Å². The Bertz CT molecular complexity index is 1260. The van der Waals surface area contributed by atoms with Crippen LogP contribution in [0.15, 0.2) is 41.2 Å². The molecule has 33 heavy (non-hydrogen) atoms. The standard InChI is InChI=1S/C11H9N3O5.C9H10N2O2.ClH/c1-2-19-11(16)9-12-8-5-6(14(17)18)3-4-7(8)10(15)13-9;10-4-6-1-2-8-7(3-6)11-9(12)5-13-8;/h3-5H,2H2,1H3,(H,12,13,15);1-3H,4-5,10H2,(H,11,12);1H. The molecule has 0 saturated carbocycles. The molecule has 0 saturated heterocycles. The molecular formula is C20H20ClN5O7. The normalized spacial score (nSPS) is 11.6. The number of esters is 1. The van der Waals surface area contributed by atoms with Gasteiger partial charge < -0.3 is 25.5 Å². The van der Waals surface area contributed by atoms with E-state index in [0.717, 1.165) is 11.6 Å². The van der Waals surface area contributed by atoms with Crippen molar-refractivity contribution in [1.29, 1.82) is 0 Å². The van der Waals surface area contributed by atoms with Crippen LogP contribution in [-0.2, 0) is 16.1 Å². The molecule has 1 amide bonds. The SMILES string of the molecule is CCOC(=O)c1nc2cc([N+](=O)[O-])ccc2c(=O)[nH]1.Cl.NCc1ccc2c(c1)NC(=O)CO2. The third-order valence-electron chi connectivity index (χ3n) is 4.28. The van der Waals surface area contributed by atoms with E-state index in [1.807, 2.05) is 18.2 Å². The lowest BCUT2D eigenvalue weighted by molar-refractivity contribution is -0.384. The largest absolute Gasteiger partial charge is 0.482 e. The number of nitrogens with zero attached hydrogens (tertiary/aromatic N) is 2. The zero-order valence-corrected chi connectivity index (χ0v) is 18.1. The number of aromatic nitrogens is 2. The van der Waals surface area contributed by atoms with Crippen molar-refractivity contribution in [3.05, 3.63) is 68.3 Å². The Morgan fingerprint density at radius 3 is 2.70 bits per heavy atom. The van der Waals surface area contributed by atoms with Gasteiger partial charge in [-0.05, 0) is 30.7 Å². The number of halogens is 1. The lowest BCUT2D eigenvalue weighted by Crippen LogP contribution is -2.25. The highest BCUT2D eigenvalue weighted by atomic mass is 35.5. The first-order chi connectivity index (χ1) is 15.3. The zero-order chi connectivity index (χ0) is 23.3. The van der Waals surface area contributed by atoms with E-state index in [0.29, 0.717) is 18.0 Å². The Kier molecular flexibility index (Phi) is 8.42. The Labute approximate surface area is 192 Å². The second-order valence-corrected chi connectivity index (χ2v) is 6.47. The minimum Gasteiger partial charge on any atom is -0.482 e. The first-order valence-corrected chi connectivity index (χ1v) is 9.43. The predicted octanol–water partition coefficient (Wildman–Crippen LogP) is 1.91. The number of H-pyrrole nitrogens is 1. The van der Waals surface area contributed by atoms with Crippen molar-refractivity contribution < 1.29 is 24.0 Å². The molecular weight excluding hydrogens is 458 g/mol. The predicted molar refractivity (Wildman–Crippen MR) is 121 cm³/mol. The van der Waals surface area contributed by atoms with Gasteiger partial charge in [0.15, 0.2) is 6.61 Å². The monoisotopic (exact) mass is 477 g/mol. The molecule has 4 rings (SSSR count). The number of hydrogen-bond donors (Lipinski definition) is 3. The van der Waals surface area contributed by atoms with Gasteiger partial charge in [-0.25, -0.2) is 9.78 Å². The molecule has 0 bridgehead atoms. The van der Waals surface area contributed by atoms with Crippen molar-refractivity contribution in [3.63, 3.8) is 0 Å². The van der Waals surface area contributed by atoms with E-state index in [2.05, 4.69) is 15.3 Å². The van der Waals surface area contributed by atoms with Crippen LogP contribution in [0.1, 0.15) is 23.1 Å². The minimum absolute atomic E-state index is 0. The van der Waals surface area contributed by atoms with Gasteiger partial charge in [0, 0.05) is 18.7 Å². The fraction of sp³-hybridized carbons (Fsp3) is 0.200. The van der Waals surface area contributed by atoms with Crippen molar-refractivity contribution in [2.75, 3.05) is 18.5 Å². The van der Waals surface area contributed by atoms with Crippen molar-refractivity contribution in [1.82, 2.24) is 9.97 Å². The molecule has 13 heteroatoms. The lowest BCUT2D eigenvalue weighted by Gasteiger charge is -2.18. The maximum atomic E-state index is 11.7. The van der Waals surface area contributed by atoms with Crippen LogP contribution >= 0.6 is 12.4 Å². The number of anilines is 1. The van der Waals surface area contributed by atoms with Gasteiger partial charge in [-0.15, -0.1) is 12.4 Å². The van der Waals surface area contributed by atoms with Crippen LogP contribution in [0, 0.1) is 10.1 Å². The number of nitrogens with one attached hydrogen (secondary N) is 2. The number of hydrogen-bond acceptors (Lipinski definition) is 9. The fourth-order valence-corrected chi connectivity index (χ4v) is 2.79. The summed E-state index contributed by atoms with van der Waals surface area (Å²) >= 11 is 0. The van der Waals surface area contributed by atoms with Gasteiger partial charge in [-0.3, -0.25) is 19.7 Å². The Balaban J connectivity index is 0.000000241. The highest BCUT2D eigenvalue weighted by Gasteiger charge is 2.16. The van der Waals surface area contributed by atoms with Crippen LogP contribution < -0.4 is 21.3 Å². The van der Waals surface area contributed by atoms with Crippen LogP contribution in [0.4, 0.5) is 11.4 Å². The Morgan fingerprint density at radius 2 is 2.03 bits per heavy atom. The first-order valence-electron chi connectivity index (χ1n) is 9.43. The van der Waals surface area contributed by atoms with Gasteiger partial charge in [-0.1, -0.05) is 6.07 Å². The molecule has 0 atom stereocenters. The third kappa shape index (κ3) is 6.02. The molecule has 3 aromatic rings. The van der Waals surface area contributed by atoms with Gasteiger partial charge in [0.2, 0.25) is 5.82 Å². The van der Waals surface area contributed by atoms with E-state index in [4.69, 9.17) is 15.2 Å². The lowest BCUT2D eigenvalue weighted by atomic mass is 10.1. The molecule has 0 aliphatic carbocycles. The number of carbonyl (C=O) groups excluding carboxylic acids is 2. The van der Waals surface area contributed by atoms with Gasteiger partial charge in [-0.2, -0.15) is 0 Å². The molecule has 0 unspecified atom stereocenters. The number of rotatable bonds is 4. The summed E-state index contributed by atoms with van der Waals surface area (Å²) in [5.41, 5.74) is 6.46.